The molecule has 0 unspecified atom stereocenters. The number of nitrogens with zero attached hydrogens (tertiary/aromatic N) is 3. The van der Waals surface area contributed by atoms with Crippen molar-refractivity contribution in [1.29, 1.82) is 0 Å². The van der Waals surface area contributed by atoms with Crippen LogP contribution in [0.1, 0.15) is 77.0 Å². The number of aryl methyl sites for hydroxylation is 2. The maximum atomic E-state index is 11.0. The summed E-state index contributed by atoms with van der Waals surface area (Å²) in [5.74, 6) is -0.527. The molecule has 12 heteroatoms. The second-order valence-electron chi connectivity index (χ2n) is 5.96. The molecule has 0 bridgehead atoms. The molecular formula is C22H27N3O9. The molecule has 0 amide bonds. The number of carbonyl (C=O) groups is 3. The number of carboxylic acids is 1. The zero-order valence-corrected chi connectivity index (χ0v) is 19.4. The summed E-state index contributed by atoms with van der Waals surface area (Å²) in [6.07, 6.45) is 6.63. The average molecular weight is 477 g/mol. The van der Waals surface area contributed by atoms with E-state index in [0.717, 1.165) is 0 Å². The number of esters is 2. The van der Waals surface area contributed by atoms with Crippen LogP contribution in [0.25, 0.3) is 6.08 Å². The molecule has 0 aliphatic heterocycles. The quantitative estimate of drug-likeness (QED) is 0.466. The van der Waals surface area contributed by atoms with Crippen LogP contribution < -0.4 is 0 Å². The van der Waals surface area contributed by atoms with Gasteiger partial charge in [-0.15, -0.1) is 0 Å². The number of hydrogen-bond donors (Lipinski definition) is 1. The Labute approximate surface area is 195 Å². The molecule has 12 nitrogen and oxygen atoms in total. The molecule has 1 N–H and O–H groups in total. The number of ether oxygens (including phenoxy) is 2. The first-order valence-electron chi connectivity index (χ1n) is 10.3. The van der Waals surface area contributed by atoms with Gasteiger partial charge >= 0.3 is 17.9 Å². The molecule has 0 radical (unpaired) electrons. The van der Waals surface area contributed by atoms with Gasteiger partial charge in [0.25, 0.3) is 0 Å². The lowest BCUT2D eigenvalue weighted by Crippen LogP contribution is -2.02. The highest BCUT2D eigenvalue weighted by atomic mass is 16.5. The first-order valence-corrected chi connectivity index (χ1v) is 10.3. The summed E-state index contributed by atoms with van der Waals surface area (Å²) in [5, 5.41) is 8.36. The fourth-order valence-corrected chi connectivity index (χ4v) is 2.02. The molecule has 34 heavy (non-hydrogen) atoms. The highest BCUT2D eigenvalue weighted by molar-refractivity contribution is 5.86. The number of rotatable bonds is 8. The van der Waals surface area contributed by atoms with Crippen LogP contribution in [0.3, 0.4) is 0 Å². The van der Waals surface area contributed by atoms with Crippen LogP contribution in [0, 0.1) is 0 Å². The third-order valence-corrected chi connectivity index (χ3v) is 3.57. The number of hydrogen-bond acceptors (Lipinski definition) is 11. The summed E-state index contributed by atoms with van der Waals surface area (Å²) >= 11 is 0. The number of aromatic carboxylic acids is 1. The van der Waals surface area contributed by atoms with Gasteiger partial charge in [0.05, 0.1) is 31.8 Å². The summed E-state index contributed by atoms with van der Waals surface area (Å²) < 4.78 is 24.2. The first-order chi connectivity index (χ1) is 16.3. The van der Waals surface area contributed by atoms with Crippen molar-refractivity contribution in [1.82, 2.24) is 15.0 Å². The van der Waals surface area contributed by atoms with Gasteiger partial charge in [-0.3, -0.25) is 0 Å². The van der Waals surface area contributed by atoms with E-state index in [1.807, 2.05) is 13.8 Å². The van der Waals surface area contributed by atoms with Gasteiger partial charge in [-0.1, -0.05) is 20.4 Å². The van der Waals surface area contributed by atoms with Crippen molar-refractivity contribution in [3.63, 3.8) is 0 Å². The predicted molar refractivity (Wildman–Crippen MR) is 117 cm³/mol. The Balaban J connectivity index is 0.000000256. The van der Waals surface area contributed by atoms with Crippen LogP contribution in [0.4, 0.5) is 0 Å². The van der Waals surface area contributed by atoms with Gasteiger partial charge < -0.3 is 27.8 Å². The Kier molecular flexibility index (Phi) is 12.1. The first kappa shape index (κ1) is 27.8. The van der Waals surface area contributed by atoms with Crippen LogP contribution >= 0.6 is 0 Å². The van der Waals surface area contributed by atoms with Crippen LogP contribution in [0.15, 0.2) is 38.4 Å². The molecule has 0 spiro atoms. The Morgan fingerprint density at radius 3 is 1.62 bits per heavy atom. The van der Waals surface area contributed by atoms with Gasteiger partial charge in [0.15, 0.2) is 11.8 Å². The number of carboxylic acid groups (broad SMARTS) is 1. The van der Waals surface area contributed by atoms with Crippen molar-refractivity contribution >= 4 is 24.0 Å². The Morgan fingerprint density at radius 2 is 1.26 bits per heavy atom. The largest absolute Gasteiger partial charge is 0.475 e. The standard InChI is InChI=1S/C8H11NO3.C8H9NO3.C6H7NO3/c2*1-3-7-9-5-6(12-7)8(10)11-4-2;1-2-5-7-3-4(10-5)6(8)9/h5H,3-4H2,1-2H3;3,5H,1,4H2,2H3;3H,2H2,1H3,(H,8,9). The van der Waals surface area contributed by atoms with E-state index in [0.29, 0.717) is 43.7 Å². The average Bonchev–Trinajstić information content (AvgIpc) is 3.60. The second kappa shape index (κ2) is 14.8. The highest BCUT2D eigenvalue weighted by Gasteiger charge is 2.12. The van der Waals surface area contributed by atoms with Crippen LogP contribution in [-0.4, -0.2) is 51.2 Å². The minimum Gasteiger partial charge on any atom is -0.475 e. The minimum atomic E-state index is -1.08. The van der Waals surface area contributed by atoms with Crippen molar-refractivity contribution in [3.8, 4) is 0 Å². The summed E-state index contributed by atoms with van der Waals surface area (Å²) in [5.41, 5.74) is 0. The van der Waals surface area contributed by atoms with Gasteiger partial charge in [-0.05, 0) is 19.9 Å². The molecule has 0 aliphatic carbocycles. The fourth-order valence-electron chi connectivity index (χ4n) is 2.02. The monoisotopic (exact) mass is 477 g/mol. The molecule has 0 fully saturated rings. The molecule has 3 rings (SSSR count). The van der Waals surface area contributed by atoms with Gasteiger partial charge in [0.2, 0.25) is 23.2 Å². The van der Waals surface area contributed by atoms with Crippen molar-refractivity contribution in [2.75, 3.05) is 13.2 Å². The zero-order valence-electron chi connectivity index (χ0n) is 19.4. The SMILES string of the molecule is C=Cc1ncc(C(=O)OCC)o1.CCOC(=O)c1cnc(CC)o1.CCc1ncc(C(=O)O)o1. The molecule has 0 saturated heterocycles. The van der Waals surface area contributed by atoms with Crippen LogP contribution in [0.5, 0.6) is 0 Å². The summed E-state index contributed by atoms with van der Waals surface area (Å²) in [7, 11) is 0. The van der Waals surface area contributed by atoms with Crippen molar-refractivity contribution in [2.24, 2.45) is 0 Å². The van der Waals surface area contributed by atoms with Crippen LogP contribution in [0.2, 0.25) is 0 Å². The molecule has 0 atom stereocenters. The van der Waals surface area contributed by atoms with E-state index in [-0.39, 0.29) is 17.3 Å². The maximum absolute atomic E-state index is 11.0. The van der Waals surface area contributed by atoms with Crippen molar-refractivity contribution < 1.29 is 42.2 Å². The second-order valence-corrected chi connectivity index (χ2v) is 5.96. The highest BCUT2D eigenvalue weighted by Crippen LogP contribution is 2.06. The van der Waals surface area contributed by atoms with E-state index in [9.17, 15) is 14.4 Å². The van der Waals surface area contributed by atoms with Gasteiger partial charge in [-0.25, -0.2) is 29.3 Å². The number of aromatic nitrogens is 3. The van der Waals surface area contributed by atoms with Crippen LogP contribution in [-0.2, 0) is 22.3 Å². The molecule has 3 aromatic rings. The minimum absolute atomic E-state index is 0.100. The third-order valence-electron chi connectivity index (χ3n) is 3.57. The maximum Gasteiger partial charge on any atom is 0.375 e. The molecule has 0 aliphatic rings. The van der Waals surface area contributed by atoms with Gasteiger partial charge in [0.1, 0.15) is 0 Å². The molecule has 0 aromatic carbocycles. The topological polar surface area (TPSA) is 168 Å². The third kappa shape index (κ3) is 9.10. The number of oxazole rings is 3. The molecule has 3 heterocycles. The molecule has 0 saturated carbocycles. The lowest BCUT2D eigenvalue weighted by molar-refractivity contribution is 0.0480. The van der Waals surface area contributed by atoms with E-state index >= 15 is 0 Å². The Bertz CT molecular complexity index is 1070. The Morgan fingerprint density at radius 1 is 0.824 bits per heavy atom. The lowest BCUT2D eigenvalue weighted by Gasteiger charge is -1.95. The van der Waals surface area contributed by atoms with E-state index < -0.39 is 17.9 Å². The summed E-state index contributed by atoms with van der Waals surface area (Å²) in [6.45, 7) is 11.3. The molecular weight excluding hydrogens is 450 g/mol. The number of carbonyl (C=O) groups excluding carboxylic acids is 2. The summed E-state index contributed by atoms with van der Waals surface area (Å²) in [6, 6.07) is 0. The molecule has 3 aromatic heterocycles. The van der Waals surface area contributed by atoms with E-state index in [4.69, 9.17) is 23.1 Å². The van der Waals surface area contributed by atoms with E-state index in [1.165, 1.54) is 24.7 Å². The summed E-state index contributed by atoms with van der Waals surface area (Å²) in [4.78, 5) is 43.5. The Hall–Kier alpha value is -4.22. The zero-order chi connectivity index (χ0) is 25.5. The van der Waals surface area contributed by atoms with Crippen molar-refractivity contribution in [3.05, 3.63) is 60.1 Å². The van der Waals surface area contributed by atoms with E-state index in [2.05, 4.69) is 26.3 Å². The smallest absolute Gasteiger partial charge is 0.375 e. The van der Waals surface area contributed by atoms with Gasteiger partial charge in [0, 0.05) is 12.8 Å². The molecule has 184 valence electrons. The predicted octanol–water partition coefficient (Wildman–Crippen LogP) is 3.84. The van der Waals surface area contributed by atoms with Crippen molar-refractivity contribution in [2.45, 2.75) is 40.5 Å². The normalized spacial score (nSPS) is 9.65. The van der Waals surface area contributed by atoms with Gasteiger partial charge in [-0.2, -0.15) is 0 Å². The van der Waals surface area contributed by atoms with E-state index in [1.54, 1.807) is 13.8 Å². The lowest BCUT2D eigenvalue weighted by atomic mass is 10.5. The fraction of sp³-hybridized carbons (Fsp3) is 0.364.